The number of hydrogen-bond donors (Lipinski definition) is 1. The molecule has 1 N–H and O–H groups in total. The summed E-state index contributed by atoms with van der Waals surface area (Å²) in [4.78, 5) is 13.0. The Labute approximate surface area is 147 Å². The number of carbonyl (C=O) groups excluding carboxylic acids is 1. The molecule has 4 aromatic rings. The summed E-state index contributed by atoms with van der Waals surface area (Å²) in [5.41, 5.74) is 1.64. The van der Waals surface area contributed by atoms with Crippen LogP contribution in [0.1, 0.15) is 9.67 Å². The molecule has 0 aliphatic rings. The average Bonchev–Trinajstić information content (AvgIpc) is 3.24. The number of nitrogens with zero attached hydrogens (tertiary/aromatic N) is 2. The Morgan fingerprint density at radius 2 is 1.88 bits per heavy atom. The van der Waals surface area contributed by atoms with E-state index >= 15 is 0 Å². The van der Waals surface area contributed by atoms with E-state index in [2.05, 4.69) is 10.4 Å². The number of nitrogens with one attached hydrogen (secondary N) is 1. The predicted molar refractivity (Wildman–Crippen MR) is 98.4 cm³/mol. The summed E-state index contributed by atoms with van der Waals surface area (Å²) in [5.74, 6) is -0.201. The first-order valence-electron chi connectivity index (χ1n) is 7.31. The zero-order chi connectivity index (χ0) is 16.5. The number of benzene rings is 2. The van der Waals surface area contributed by atoms with E-state index in [0.29, 0.717) is 15.6 Å². The molecule has 0 unspecified atom stereocenters. The van der Waals surface area contributed by atoms with Gasteiger partial charge in [0, 0.05) is 28.2 Å². The molecule has 0 fully saturated rings. The summed E-state index contributed by atoms with van der Waals surface area (Å²) >= 11 is 7.74. The van der Waals surface area contributed by atoms with Gasteiger partial charge in [-0.1, -0.05) is 29.8 Å². The van der Waals surface area contributed by atoms with Crippen molar-refractivity contribution in [3.63, 3.8) is 0 Å². The topological polar surface area (TPSA) is 46.9 Å². The van der Waals surface area contributed by atoms with E-state index in [-0.39, 0.29) is 5.91 Å². The molecule has 0 saturated carbocycles. The number of fused-ring (bicyclic) bond motifs is 1. The van der Waals surface area contributed by atoms with Gasteiger partial charge in [-0.2, -0.15) is 5.10 Å². The molecule has 2 heterocycles. The van der Waals surface area contributed by atoms with Crippen molar-refractivity contribution in [2.24, 2.45) is 0 Å². The van der Waals surface area contributed by atoms with Gasteiger partial charge < -0.3 is 5.32 Å². The fourth-order valence-electron chi connectivity index (χ4n) is 2.47. The number of halogens is 1. The van der Waals surface area contributed by atoms with E-state index in [1.165, 1.54) is 11.3 Å². The molecule has 0 aliphatic heterocycles. The average molecular weight is 354 g/mol. The van der Waals surface area contributed by atoms with Crippen LogP contribution in [0.5, 0.6) is 0 Å². The lowest BCUT2D eigenvalue weighted by Gasteiger charge is -2.06. The normalized spacial score (nSPS) is 10.9. The Morgan fingerprint density at radius 3 is 2.58 bits per heavy atom. The highest BCUT2D eigenvalue weighted by Gasteiger charge is 2.16. The Morgan fingerprint density at radius 1 is 1.08 bits per heavy atom. The number of hydrogen-bond acceptors (Lipinski definition) is 3. The summed E-state index contributed by atoms with van der Waals surface area (Å²) in [6.45, 7) is 0. The van der Waals surface area contributed by atoms with E-state index in [9.17, 15) is 4.79 Å². The van der Waals surface area contributed by atoms with Crippen molar-refractivity contribution < 1.29 is 4.79 Å². The van der Waals surface area contributed by atoms with Crippen LogP contribution in [0.3, 0.4) is 0 Å². The van der Waals surface area contributed by atoms with Crippen LogP contribution in [0.25, 0.3) is 15.8 Å². The number of rotatable bonds is 3. The van der Waals surface area contributed by atoms with Crippen LogP contribution in [0.4, 0.5) is 5.69 Å². The first-order chi connectivity index (χ1) is 11.7. The van der Waals surface area contributed by atoms with Crippen molar-refractivity contribution >= 4 is 44.6 Å². The molecule has 2 aromatic heterocycles. The zero-order valence-corrected chi connectivity index (χ0v) is 14.0. The molecule has 0 radical (unpaired) electrons. The van der Waals surface area contributed by atoms with Crippen molar-refractivity contribution in [2.75, 3.05) is 5.32 Å². The summed E-state index contributed by atoms with van der Waals surface area (Å²) < 4.78 is 2.76. The predicted octanol–water partition coefficient (Wildman–Crippen LogP) is 4.99. The van der Waals surface area contributed by atoms with Crippen LogP contribution < -0.4 is 5.32 Å². The highest BCUT2D eigenvalue weighted by molar-refractivity contribution is 7.21. The summed E-state index contributed by atoms with van der Waals surface area (Å²) in [7, 11) is 0. The third-order valence-electron chi connectivity index (χ3n) is 3.64. The highest BCUT2D eigenvalue weighted by Crippen LogP contribution is 2.35. The Balaban J connectivity index is 1.58. The molecule has 24 heavy (non-hydrogen) atoms. The zero-order valence-electron chi connectivity index (χ0n) is 12.4. The lowest BCUT2D eigenvalue weighted by molar-refractivity contribution is 0.103. The van der Waals surface area contributed by atoms with Gasteiger partial charge in [0.05, 0.1) is 10.7 Å². The van der Waals surface area contributed by atoms with Crippen molar-refractivity contribution in [2.45, 2.75) is 0 Å². The van der Waals surface area contributed by atoms with Crippen molar-refractivity contribution in [3.05, 3.63) is 76.9 Å². The van der Waals surface area contributed by atoms with Gasteiger partial charge in [-0.25, -0.2) is 4.68 Å². The minimum Gasteiger partial charge on any atom is -0.321 e. The lowest BCUT2D eigenvalue weighted by atomic mass is 10.2. The number of aromatic nitrogens is 2. The molecule has 0 saturated heterocycles. The van der Waals surface area contributed by atoms with Gasteiger partial charge in [-0.3, -0.25) is 4.79 Å². The van der Waals surface area contributed by atoms with Gasteiger partial charge >= 0.3 is 0 Å². The van der Waals surface area contributed by atoms with Crippen LogP contribution in [0.2, 0.25) is 5.02 Å². The van der Waals surface area contributed by atoms with E-state index in [1.54, 1.807) is 10.9 Å². The van der Waals surface area contributed by atoms with Gasteiger partial charge in [-0.15, -0.1) is 11.3 Å². The number of amides is 1. The van der Waals surface area contributed by atoms with Gasteiger partial charge in [0.15, 0.2) is 0 Å². The molecule has 0 atom stereocenters. The summed E-state index contributed by atoms with van der Waals surface area (Å²) in [6.07, 6.45) is 3.59. The van der Waals surface area contributed by atoms with Crippen LogP contribution in [-0.2, 0) is 0 Å². The van der Waals surface area contributed by atoms with E-state index < -0.39 is 0 Å². The smallest absolute Gasteiger partial charge is 0.267 e. The van der Waals surface area contributed by atoms with E-state index in [1.807, 2.05) is 60.8 Å². The third kappa shape index (κ3) is 2.68. The van der Waals surface area contributed by atoms with Crippen LogP contribution in [-0.4, -0.2) is 15.7 Å². The van der Waals surface area contributed by atoms with E-state index in [4.69, 9.17) is 11.6 Å². The molecule has 1 amide bonds. The molecule has 118 valence electrons. The van der Waals surface area contributed by atoms with Gasteiger partial charge in [-0.05, 0) is 36.4 Å². The fourth-order valence-corrected chi connectivity index (χ4v) is 3.88. The summed E-state index contributed by atoms with van der Waals surface area (Å²) in [5, 5.41) is 8.47. The molecule has 4 nitrogen and oxygen atoms in total. The summed E-state index contributed by atoms with van der Waals surface area (Å²) in [6, 6.07) is 17.1. The second-order valence-corrected chi connectivity index (χ2v) is 6.62. The largest absolute Gasteiger partial charge is 0.321 e. The van der Waals surface area contributed by atoms with E-state index in [0.717, 1.165) is 15.8 Å². The molecule has 4 rings (SSSR count). The molecule has 0 spiro atoms. The molecular formula is C18H12ClN3OS. The maximum atomic E-state index is 12.5. The number of anilines is 1. The Hall–Kier alpha value is -2.63. The van der Waals surface area contributed by atoms with Crippen molar-refractivity contribution in [1.29, 1.82) is 0 Å². The lowest BCUT2D eigenvalue weighted by Crippen LogP contribution is -2.10. The van der Waals surface area contributed by atoms with Crippen molar-refractivity contribution in [1.82, 2.24) is 9.78 Å². The van der Waals surface area contributed by atoms with Crippen LogP contribution in [0.15, 0.2) is 67.0 Å². The van der Waals surface area contributed by atoms with Crippen LogP contribution in [0, 0.1) is 0 Å². The van der Waals surface area contributed by atoms with Gasteiger partial charge in [0.2, 0.25) is 0 Å². The Bertz CT molecular complexity index is 1010. The molecule has 6 heteroatoms. The third-order valence-corrected chi connectivity index (χ3v) is 5.31. The van der Waals surface area contributed by atoms with Crippen molar-refractivity contribution in [3.8, 4) is 5.69 Å². The SMILES string of the molecule is O=C(Nc1ccc(-n2cccn2)cc1)c1sc2ccccc2c1Cl. The monoisotopic (exact) mass is 353 g/mol. The van der Waals surface area contributed by atoms with Crippen LogP contribution >= 0.6 is 22.9 Å². The maximum Gasteiger partial charge on any atom is 0.267 e. The molecule has 0 aliphatic carbocycles. The highest BCUT2D eigenvalue weighted by atomic mass is 35.5. The number of thiophene rings is 1. The fraction of sp³-hybridized carbons (Fsp3) is 0. The van der Waals surface area contributed by atoms with Gasteiger partial charge in [0.1, 0.15) is 4.88 Å². The number of carbonyl (C=O) groups is 1. The Kier molecular flexibility index (Phi) is 3.80. The quantitative estimate of drug-likeness (QED) is 0.563. The standard InChI is InChI=1S/C18H12ClN3OS/c19-16-14-4-1-2-5-15(14)24-17(16)18(23)21-12-6-8-13(9-7-12)22-11-3-10-20-22/h1-11H,(H,21,23). The first kappa shape index (κ1) is 14.9. The second-order valence-electron chi connectivity index (χ2n) is 5.19. The molecule has 2 aromatic carbocycles. The minimum atomic E-state index is -0.201. The molecular weight excluding hydrogens is 342 g/mol. The first-order valence-corrected chi connectivity index (χ1v) is 8.50. The maximum absolute atomic E-state index is 12.5. The minimum absolute atomic E-state index is 0.201. The second kappa shape index (κ2) is 6.11. The van der Waals surface area contributed by atoms with Gasteiger partial charge in [0.25, 0.3) is 5.91 Å². The molecule has 0 bridgehead atoms.